The van der Waals surface area contributed by atoms with Crippen molar-refractivity contribution in [2.45, 2.75) is 57.4 Å². The van der Waals surface area contributed by atoms with E-state index in [2.05, 4.69) is 9.47 Å². The lowest BCUT2D eigenvalue weighted by molar-refractivity contribution is -0.287. The summed E-state index contributed by atoms with van der Waals surface area (Å²) in [5.74, 6) is -2.92. The molecular formula is C16H16F6O4. The van der Waals surface area contributed by atoms with Crippen LogP contribution in [0.3, 0.4) is 0 Å². The first-order valence-electron chi connectivity index (χ1n) is 7.76. The van der Waals surface area contributed by atoms with Gasteiger partial charge in [0.05, 0.1) is 0 Å². The highest BCUT2D eigenvalue weighted by Gasteiger charge is 2.40. The van der Waals surface area contributed by atoms with Gasteiger partial charge in [0.15, 0.2) is 11.5 Å². The first-order chi connectivity index (χ1) is 11.9. The molecule has 0 saturated heterocycles. The van der Waals surface area contributed by atoms with Crippen LogP contribution in [0.25, 0.3) is 0 Å². The van der Waals surface area contributed by atoms with Crippen LogP contribution < -0.4 is 9.47 Å². The predicted octanol–water partition coefficient (Wildman–Crippen LogP) is 5.21. The molecule has 0 atom stereocenters. The molecule has 26 heavy (non-hydrogen) atoms. The van der Waals surface area contributed by atoms with Crippen molar-refractivity contribution >= 4 is 5.97 Å². The van der Waals surface area contributed by atoms with Crippen molar-refractivity contribution in [3.8, 4) is 11.5 Å². The summed E-state index contributed by atoms with van der Waals surface area (Å²) < 4.78 is 87.7. The van der Waals surface area contributed by atoms with Gasteiger partial charge >= 0.3 is 18.7 Å². The highest BCUT2D eigenvalue weighted by molar-refractivity contribution is 5.67. The van der Waals surface area contributed by atoms with Gasteiger partial charge in [-0.25, -0.2) is 0 Å². The Morgan fingerprint density at radius 1 is 0.923 bits per heavy atom. The van der Waals surface area contributed by atoms with Crippen molar-refractivity contribution < 1.29 is 45.3 Å². The Labute approximate surface area is 145 Å². The molecule has 10 heteroatoms. The summed E-state index contributed by atoms with van der Waals surface area (Å²) in [5, 5.41) is 0. The number of hydrogen-bond donors (Lipinski definition) is 0. The summed E-state index contributed by atoms with van der Waals surface area (Å²) in [4.78, 5) is 11.5. The Kier molecular flexibility index (Phi) is 5.62. The van der Waals surface area contributed by atoms with E-state index in [1.165, 1.54) is 0 Å². The maximum atomic E-state index is 12.6. The maximum absolute atomic E-state index is 12.6. The zero-order chi connectivity index (χ0) is 19.6. The van der Waals surface area contributed by atoms with Crippen molar-refractivity contribution in [3.63, 3.8) is 0 Å². The van der Waals surface area contributed by atoms with Crippen LogP contribution in [-0.2, 0) is 15.1 Å². The molecule has 0 heterocycles. The molecule has 0 radical (unpaired) electrons. The Bertz CT molecular complexity index is 647. The summed E-state index contributed by atoms with van der Waals surface area (Å²) in [6.07, 6.45) is -7.56. The average Bonchev–Trinajstić information content (AvgIpc) is 2.46. The molecule has 0 aliphatic heterocycles. The van der Waals surface area contributed by atoms with Crippen molar-refractivity contribution in [1.29, 1.82) is 0 Å². The molecule has 0 unspecified atom stereocenters. The monoisotopic (exact) mass is 386 g/mol. The predicted molar refractivity (Wildman–Crippen MR) is 76.3 cm³/mol. The van der Waals surface area contributed by atoms with Crippen molar-refractivity contribution in [1.82, 2.24) is 0 Å². The molecule has 0 amide bonds. The fraction of sp³-hybridized carbons (Fsp3) is 0.562. The number of alkyl halides is 6. The van der Waals surface area contributed by atoms with Crippen LogP contribution in [0.4, 0.5) is 26.3 Å². The van der Waals surface area contributed by atoms with E-state index in [0.717, 1.165) is 31.5 Å². The van der Waals surface area contributed by atoms with Crippen LogP contribution in [0, 0.1) is 0 Å². The Hall–Kier alpha value is -2.13. The fourth-order valence-electron chi connectivity index (χ4n) is 3.05. The second kappa shape index (κ2) is 7.24. The minimum absolute atomic E-state index is 0.126. The van der Waals surface area contributed by atoms with Gasteiger partial charge in [0.25, 0.3) is 0 Å². The third-order valence-electron chi connectivity index (χ3n) is 3.92. The van der Waals surface area contributed by atoms with Gasteiger partial charge in [0.2, 0.25) is 0 Å². The number of esters is 1. The van der Waals surface area contributed by atoms with Crippen LogP contribution in [0.15, 0.2) is 18.2 Å². The van der Waals surface area contributed by atoms with Crippen molar-refractivity contribution in [3.05, 3.63) is 23.8 Å². The number of benzene rings is 1. The molecule has 1 fully saturated rings. The molecule has 2 rings (SSSR count). The Balaban J connectivity index is 2.47. The van der Waals surface area contributed by atoms with Gasteiger partial charge in [-0.05, 0) is 43.4 Å². The zero-order valence-corrected chi connectivity index (χ0v) is 13.7. The van der Waals surface area contributed by atoms with Gasteiger partial charge in [0, 0.05) is 6.92 Å². The molecule has 4 nitrogen and oxygen atoms in total. The largest absolute Gasteiger partial charge is 0.573 e. The van der Waals surface area contributed by atoms with E-state index in [0.29, 0.717) is 25.7 Å². The summed E-state index contributed by atoms with van der Waals surface area (Å²) in [7, 11) is 0. The van der Waals surface area contributed by atoms with Gasteiger partial charge < -0.3 is 14.2 Å². The lowest BCUT2D eigenvalue weighted by atomic mass is 9.79. The first kappa shape index (κ1) is 20.2. The molecule has 1 aromatic rings. The van der Waals surface area contributed by atoms with Crippen LogP contribution in [0.5, 0.6) is 11.5 Å². The molecular weight excluding hydrogens is 370 g/mol. The molecule has 146 valence electrons. The van der Waals surface area contributed by atoms with E-state index in [1.807, 2.05) is 0 Å². The Morgan fingerprint density at radius 2 is 1.46 bits per heavy atom. The molecule has 1 aromatic carbocycles. The second-order valence-corrected chi connectivity index (χ2v) is 5.91. The van der Waals surface area contributed by atoms with Gasteiger partial charge in [-0.2, -0.15) is 0 Å². The normalized spacial score (nSPS) is 17.5. The molecule has 0 spiro atoms. The van der Waals surface area contributed by atoms with Crippen molar-refractivity contribution in [2.75, 3.05) is 0 Å². The minimum atomic E-state index is -5.22. The topological polar surface area (TPSA) is 44.8 Å². The molecule has 0 bridgehead atoms. The first-order valence-corrected chi connectivity index (χ1v) is 7.76. The molecule has 1 saturated carbocycles. The lowest BCUT2D eigenvalue weighted by Crippen LogP contribution is -2.34. The number of rotatable bonds is 4. The standard InChI is InChI=1S/C16H16F6O4/c1-10(23)24-14(7-3-2-4-8-14)11-5-6-12(25-15(17,18)19)13(9-11)26-16(20,21)22/h5-6,9H,2-4,7-8H2,1H3. The molecule has 1 aliphatic carbocycles. The van der Waals surface area contributed by atoms with Gasteiger partial charge in [-0.3, -0.25) is 4.79 Å². The summed E-state index contributed by atoms with van der Waals surface area (Å²) in [6.45, 7) is 1.16. The summed E-state index contributed by atoms with van der Waals surface area (Å²) in [6, 6.07) is 2.66. The smallest absolute Gasteiger partial charge is 0.454 e. The van der Waals surface area contributed by atoms with E-state index in [1.54, 1.807) is 0 Å². The average molecular weight is 386 g/mol. The number of carbonyl (C=O) groups excluding carboxylic acids is 1. The molecule has 0 N–H and O–H groups in total. The number of halogens is 6. The maximum Gasteiger partial charge on any atom is 0.573 e. The van der Waals surface area contributed by atoms with Gasteiger partial charge in [-0.15, -0.1) is 26.3 Å². The highest BCUT2D eigenvalue weighted by atomic mass is 19.4. The number of ether oxygens (including phenoxy) is 3. The van der Waals surface area contributed by atoms with E-state index in [4.69, 9.17) is 4.74 Å². The van der Waals surface area contributed by atoms with Crippen LogP contribution in [0.2, 0.25) is 0 Å². The molecule has 0 aromatic heterocycles. The number of hydrogen-bond acceptors (Lipinski definition) is 4. The third-order valence-corrected chi connectivity index (χ3v) is 3.92. The summed E-state index contributed by atoms with van der Waals surface area (Å²) >= 11 is 0. The SMILES string of the molecule is CC(=O)OC1(c2ccc(OC(F)(F)F)c(OC(F)(F)F)c2)CCCCC1. The van der Waals surface area contributed by atoms with E-state index in [9.17, 15) is 31.1 Å². The Morgan fingerprint density at radius 3 is 1.96 bits per heavy atom. The van der Waals surface area contributed by atoms with E-state index in [-0.39, 0.29) is 5.56 Å². The van der Waals surface area contributed by atoms with Crippen LogP contribution in [-0.4, -0.2) is 18.7 Å². The van der Waals surface area contributed by atoms with E-state index >= 15 is 0 Å². The lowest BCUT2D eigenvalue weighted by Gasteiger charge is -2.37. The minimum Gasteiger partial charge on any atom is -0.454 e. The van der Waals surface area contributed by atoms with Gasteiger partial charge in [0.1, 0.15) is 5.60 Å². The van der Waals surface area contributed by atoms with Gasteiger partial charge in [-0.1, -0.05) is 12.5 Å². The highest BCUT2D eigenvalue weighted by Crippen LogP contribution is 2.45. The number of carbonyl (C=O) groups is 1. The molecule has 1 aliphatic rings. The quantitative estimate of drug-likeness (QED) is 0.527. The second-order valence-electron chi connectivity index (χ2n) is 5.91. The fourth-order valence-corrected chi connectivity index (χ4v) is 3.05. The summed E-state index contributed by atoms with van der Waals surface area (Å²) in [5.41, 5.74) is -1.08. The zero-order valence-electron chi connectivity index (χ0n) is 13.7. The van der Waals surface area contributed by atoms with Crippen LogP contribution >= 0.6 is 0 Å². The van der Waals surface area contributed by atoms with E-state index < -0.39 is 35.8 Å². The van der Waals surface area contributed by atoms with Crippen LogP contribution in [0.1, 0.15) is 44.6 Å². The third kappa shape index (κ3) is 5.43. The van der Waals surface area contributed by atoms with Crippen molar-refractivity contribution in [2.24, 2.45) is 0 Å².